The highest BCUT2D eigenvalue weighted by molar-refractivity contribution is 7.98. The number of hydrogen-bond donors (Lipinski definition) is 2. The normalized spacial score (nSPS) is 30.5. The monoisotopic (exact) mass is 188 g/mol. The van der Waals surface area contributed by atoms with Gasteiger partial charge in [0.05, 0.1) is 0 Å². The first-order valence-electron chi connectivity index (χ1n) is 4.81. The first-order valence-corrected chi connectivity index (χ1v) is 6.20. The van der Waals surface area contributed by atoms with Crippen molar-refractivity contribution in [1.29, 1.82) is 0 Å². The molecule has 72 valence electrons. The Morgan fingerprint density at radius 1 is 1.33 bits per heavy atom. The summed E-state index contributed by atoms with van der Waals surface area (Å²) in [5, 5.41) is 3.57. The summed E-state index contributed by atoms with van der Waals surface area (Å²) in [6, 6.07) is 1.22. The third kappa shape index (κ3) is 3.78. The van der Waals surface area contributed by atoms with Crippen LogP contribution in [0, 0.1) is 0 Å². The topological polar surface area (TPSA) is 38.0 Å². The maximum absolute atomic E-state index is 5.82. The summed E-state index contributed by atoms with van der Waals surface area (Å²) in [4.78, 5) is 0. The lowest BCUT2D eigenvalue weighted by molar-refractivity contribution is 0.348. The van der Waals surface area contributed by atoms with Gasteiger partial charge in [0.2, 0.25) is 0 Å². The molecule has 0 radical (unpaired) electrons. The molecule has 0 spiro atoms. The second-order valence-electron chi connectivity index (χ2n) is 3.56. The van der Waals surface area contributed by atoms with Crippen molar-refractivity contribution in [3.05, 3.63) is 0 Å². The van der Waals surface area contributed by atoms with E-state index in [0.717, 1.165) is 12.6 Å². The van der Waals surface area contributed by atoms with Crippen LogP contribution in [0.3, 0.4) is 0 Å². The molecule has 0 aromatic carbocycles. The predicted octanol–water partition coefficient (Wildman–Crippen LogP) is 1.21. The fourth-order valence-corrected chi connectivity index (χ4v) is 2.01. The summed E-state index contributed by atoms with van der Waals surface area (Å²) in [6.07, 6.45) is 7.11. The van der Waals surface area contributed by atoms with E-state index in [1.54, 1.807) is 0 Å². The van der Waals surface area contributed by atoms with Crippen LogP contribution >= 0.6 is 11.8 Å². The summed E-state index contributed by atoms with van der Waals surface area (Å²) in [5.41, 5.74) is 5.82. The first-order chi connectivity index (χ1) is 5.83. The molecule has 1 aliphatic carbocycles. The van der Waals surface area contributed by atoms with Crippen LogP contribution < -0.4 is 11.1 Å². The molecule has 0 bridgehead atoms. The maximum atomic E-state index is 5.82. The Hall–Kier alpha value is 0.270. The van der Waals surface area contributed by atoms with E-state index in [2.05, 4.69) is 11.6 Å². The summed E-state index contributed by atoms with van der Waals surface area (Å²) < 4.78 is 0. The molecule has 1 saturated carbocycles. The van der Waals surface area contributed by atoms with Gasteiger partial charge in [-0.05, 0) is 31.9 Å². The Balaban J connectivity index is 2.01. The highest BCUT2D eigenvalue weighted by atomic mass is 32.2. The molecule has 0 aliphatic heterocycles. The molecule has 0 heterocycles. The molecule has 1 aliphatic rings. The van der Waals surface area contributed by atoms with Crippen molar-refractivity contribution in [2.24, 2.45) is 5.73 Å². The molecule has 0 atom stereocenters. The minimum atomic E-state index is 0.476. The van der Waals surface area contributed by atoms with Gasteiger partial charge in [-0.1, -0.05) is 0 Å². The van der Waals surface area contributed by atoms with E-state index in [1.807, 2.05) is 11.8 Å². The van der Waals surface area contributed by atoms with Gasteiger partial charge in [-0.2, -0.15) is 11.8 Å². The summed E-state index contributed by atoms with van der Waals surface area (Å²) >= 11 is 1.90. The van der Waals surface area contributed by atoms with Gasteiger partial charge in [-0.3, -0.25) is 0 Å². The Bertz CT molecular complexity index is 111. The van der Waals surface area contributed by atoms with E-state index < -0.39 is 0 Å². The molecule has 0 saturated heterocycles. The van der Waals surface area contributed by atoms with Gasteiger partial charge in [0.25, 0.3) is 0 Å². The summed E-state index contributed by atoms with van der Waals surface area (Å²) in [5.74, 6) is 1.22. The van der Waals surface area contributed by atoms with Crippen LogP contribution in [0.5, 0.6) is 0 Å². The van der Waals surface area contributed by atoms with Gasteiger partial charge in [0, 0.05) is 24.4 Å². The van der Waals surface area contributed by atoms with Crippen molar-refractivity contribution < 1.29 is 0 Å². The van der Waals surface area contributed by atoms with E-state index in [1.165, 1.54) is 31.4 Å². The lowest BCUT2D eigenvalue weighted by Crippen LogP contribution is -2.38. The predicted molar refractivity (Wildman–Crippen MR) is 56.6 cm³/mol. The maximum Gasteiger partial charge on any atom is 0.00685 e. The fraction of sp³-hybridized carbons (Fsp3) is 1.00. The number of hydrogen-bond acceptors (Lipinski definition) is 3. The second kappa shape index (κ2) is 5.84. The van der Waals surface area contributed by atoms with E-state index in [9.17, 15) is 0 Å². The van der Waals surface area contributed by atoms with Crippen LogP contribution in [0.25, 0.3) is 0 Å². The van der Waals surface area contributed by atoms with Gasteiger partial charge < -0.3 is 11.1 Å². The molecule has 0 unspecified atom stereocenters. The average molecular weight is 188 g/mol. The molecule has 12 heavy (non-hydrogen) atoms. The number of nitrogens with two attached hydrogens (primary N) is 1. The number of nitrogens with one attached hydrogen (secondary N) is 1. The zero-order valence-corrected chi connectivity index (χ0v) is 8.70. The molecular formula is C9H20N2S. The Morgan fingerprint density at radius 2 is 2.00 bits per heavy atom. The van der Waals surface area contributed by atoms with Crippen LogP contribution in [0.1, 0.15) is 25.7 Å². The Labute approximate surface area is 79.7 Å². The number of thioether (sulfide) groups is 1. The summed E-state index contributed by atoms with van der Waals surface area (Å²) in [6.45, 7) is 1.15. The molecular weight excluding hydrogens is 168 g/mol. The molecule has 0 aromatic heterocycles. The molecule has 0 amide bonds. The van der Waals surface area contributed by atoms with Crippen molar-refractivity contribution in [3.8, 4) is 0 Å². The quantitative estimate of drug-likeness (QED) is 0.651. The third-order valence-electron chi connectivity index (χ3n) is 2.51. The van der Waals surface area contributed by atoms with Crippen LogP contribution in [0.2, 0.25) is 0 Å². The van der Waals surface area contributed by atoms with Gasteiger partial charge >= 0.3 is 0 Å². The van der Waals surface area contributed by atoms with Crippen molar-refractivity contribution >= 4 is 11.8 Å². The minimum absolute atomic E-state index is 0.476. The largest absolute Gasteiger partial charge is 0.328 e. The lowest BCUT2D eigenvalue weighted by Gasteiger charge is -2.26. The Kier molecular flexibility index (Phi) is 5.04. The fourth-order valence-electron chi connectivity index (χ4n) is 1.69. The van der Waals surface area contributed by atoms with Gasteiger partial charge in [-0.15, -0.1) is 0 Å². The molecule has 0 aromatic rings. The van der Waals surface area contributed by atoms with Gasteiger partial charge in [0.15, 0.2) is 0 Å². The zero-order chi connectivity index (χ0) is 8.81. The molecule has 3 heteroatoms. The van der Waals surface area contributed by atoms with E-state index >= 15 is 0 Å². The van der Waals surface area contributed by atoms with Crippen molar-refractivity contribution in [2.45, 2.75) is 37.8 Å². The highest BCUT2D eigenvalue weighted by Crippen LogP contribution is 2.16. The second-order valence-corrected chi connectivity index (χ2v) is 4.54. The van der Waals surface area contributed by atoms with E-state index in [0.29, 0.717) is 6.04 Å². The van der Waals surface area contributed by atoms with Crippen LogP contribution in [-0.4, -0.2) is 30.6 Å². The highest BCUT2D eigenvalue weighted by Gasteiger charge is 2.17. The van der Waals surface area contributed by atoms with Crippen LogP contribution in [0.4, 0.5) is 0 Å². The van der Waals surface area contributed by atoms with E-state index in [-0.39, 0.29) is 0 Å². The average Bonchev–Trinajstić information content (AvgIpc) is 2.09. The summed E-state index contributed by atoms with van der Waals surface area (Å²) in [7, 11) is 0. The standard InChI is InChI=1S/C9H20N2S/c1-12-7-6-11-9-4-2-8(10)3-5-9/h8-9,11H,2-7,10H2,1H3. The first kappa shape index (κ1) is 10.4. The zero-order valence-electron chi connectivity index (χ0n) is 7.88. The number of rotatable bonds is 4. The molecule has 1 rings (SSSR count). The van der Waals surface area contributed by atoms with Crippen LogP contribution in [-0.2, 0) is 0 Å². The van der Waals surface area contributed by atoms with Gasteiger partial charge in [0.1, 0.15) is 0 Å². The van der Waals surface area contributed by atoms with Gasteiger partial charge in [-0.25, -0.2) is 0 Å². The SMILES string of the molecule is CSCCNC1CCC(N)CC1. The Morgan fingerprint density at radius 3 is 2.58 bits per heavy atom. The third-order valence-corrected chi connectivity index (χ3v) is 3.12. The smallest absolute Gasteiger partial charge is 0.00685 e. The minimum Gasteiger partial charge on any atom is -0.328 e. The van der Waals surface area contributed by atoms with Crippen LogP contribution in [0.15, 0.2) is 0 Å². The van der Waals surface area contributed by atoms with Crippen molar-refractivity contribution in [1.82, 2.24) is 5.32 Å². The lowest BCUT2D eigenvalue weighted by atomic mass is 9.92. The molecule has 1 fully saturated rings. The van der Waals surface area contributed by atoms with Crippen molar-refractivity contribution in [2.75, 3.05) is 18.6 Å². The van der Waals surface area contributed by atoms with E-state index in [4.69, 9.17) is 5.73 Å². The molecule has 3 N–H and O–H groups in total. The van der Waals surface area contributed by atoms with Crippen molar-refractivity contribution in [3.63, 3.8) is 0 Å². The molecule has 2 nitrogen and oxygen atoms in total.